The van der Waals surface area contributed by atoms with Crippen molar-refractivity contribution in [3.63, 3.8) is 0 Å². The molecular formula is C19H17Cl2FN2O2. The van der Waals surface area contributed by atoms with Gasteiger partial charge in [-0.3, -0.25) is 9.59 Å². The maximum Gasteiger partial charge on any atom is 0.227 e. The van der Waals surface area contributed by atoms with Crippen molar-refractivity contribution in [1.29, 1.82) is 0 Å². The fourth-order valence-electron chi connectivity index (χ4n) is 2.98. The van der Waals surface area contributed by atoms with Crippen LogP contribution in [0.25, 0.3) is 0 Å². The molecule has 1 fully saturated rings. The van der Waals surface area contributed by atoms with Crippen molar-refractivity contribution < 1.29 is 14.0 Å². The predicted octanol–water partition coefficient (Wildman–Crippen LogP) is 3.84. The van der Waals surface area contributed by atoms with E-state index in [4.69, 9.17) is 23.2 Å². The number of nitrogens with one attached hydrogen (secondary N) is 1. The van der Waals surface area contributed by atoms with Crippen molar-refractivity contribution in [2.45, 2.75) is 12.8 Å². The summed E-state index contributed by atoms with van der Waals surface area (Å²) in [6.07, 6.45) is 0.626. The quantitative estimate of drug-likeness (QED) is 0.837. The third kappa shape index (κ3) is 4.17. The minimum Gasteiger partial charge on any atom is -0.355 e. The van der Waals surface area contributed by atoms with E-state index in [1.807, 2.05) is 6.07 Å². The molecular weight excluding hydrogens is 378 g/mol. The average molecular weight is 395 g/mol. The third-order valence-electron chi connectivity index (χ3n) is 4.35. The number of amides is 2. The number of hydrogen-bond donors (Lipinski definition) is 1. The van der Waals surface area contributed by atoms with Gasteiger partial charge in [-0.05, 0) is 36.2 Å². The van der Waals surface area contributed by atoms with Crippen molar-refractivity contribution in [2.75, 3.05) is 18.0 Å². The second-order valence-electron chi connectivity index (χ2n) is 6.13. The zero-order chi connectivity index (χ0) is 18.7. The Bertz CT molecular complexity index is 844. The molecule has 0 aliphatic carbocycles. The summed E-state index contributed by atoms with van der Waals surface area (Å²) in [5.41, 5.74) is 1.09. The summed E-state index contributed by atoms with van der Waals surface area (Å²) in [6, 6.07) is 11.3. The van der Waals surface area contributed by atoms with Crippen molar-refractivity contribution in [2.24, 2.45) is 5.92 Å². The van der Waals surface area contributed by atoms with Crippen LogP contribution in [-0.4, -0.2) is 24.9 Å². The first-order chi connectivity index (χ1) is 12.5. The highest BCUT2D eigenvalue weighted by atomic mass is 35.5. The molecule has 7 heteroatoms. The van der Waals surface area contributed by atoms with Crippen LogP contribution in [0.2, 0.25) is 10.0 Å². The van der Waals surface area contributed by atoms with Crippen molar-refractivity contribution in [3.05, 3.63) is 63.9 Å². The van der Waals surface area contributed by atoms with Gasteiger partial charge in [0, 0.05) is 29.6 Å². The minimum atomic E-state index is -0.497. The number of carbonyl (C=O) groups is 2. The van der Waals surface area contributed by atoms with Crippen LogP contribution in [0.1, 0.15) is 12.0 Å². The van der Waals surface area contributed by atoms with E-state index >= 15 is 0 Å². The first-order valence-corrected chi connectivity index (χ1v) is 8.98. The molecule has 26 heavy (non-hydrogen) atoms. The van der Waals surface area contributed by atoms with Crippen LogP contribution in [0.15, 0.2) is 42.5 Å². The zero-order valence-electron chi connectivity index (χ0n) is 13.8. The van der Waals surface area contributed by atoms with Crippen LogP contribution in [0.5, 0.6) is 0 Å². The molecule has 1 heterocycles. The van der Waals surface area contributed by atoms with Crippen molar-refractivity contribution in [1.82, 2.24) is 5.32 Å². The number of anilines is 1. The van der Waals surface area contributed by atoms with Gasteiger partial charge in [-0.2, -0.15) is 0 Å². The Hall–Kier alpha value is -2.11. The van der Waals surface area contributed by atoms with Crippen LogP contribution < -0.4 is 10.2 Å². The number of rotatable bonds is 5. The number of para-hydroxylation sites is 1. The molecule has 0 radical (unpaired) electrons. The summed E-state index contributed by atoms with van der Waals surface area (Å²) < 4.78 is 13.9. The topological polar surface area (TPSA) is 49.4 Å². The maximum atomic E-state index is 13.9. The molecule has 1 N–H and O–H groups in total. The smallest absolute Gasteiger partial charge is 0.227 e. The fourth-order valence-corrected chi connectivity index (χ4v) is 3.48. The van der Waals surface area contributed by atoms with Crippen LogP contribution in [0.4, 0.5) is 10.1 Å². The molecule has 1 saturated heterocycles. The Kier molecular flexibility index (Phi) is 5.79. The summed E-state index contributed by atoms with van der Waals surface area (Å²) in [4.78, 5) is 25.8. The van der Waals surface area contributed by atoms with Gasteiger partial charge >= 0.3 is 0 Å². The van der Waals surface area contributed by atoms with Crippen LogP contribution in [0.3, 0.4) is 0 Å². The monoisotopic (exact) mass is 394 g/mol. The van der Waals surface area contributed by atoms with Crippen LogP contribution >= 0.6 is 23.2 Å². The highest BCUT2D eigenvalue weighted by Crippen LogP contribution is 2.27. The number of halogens is 3. The summed E-state index contributed by atoms with van der Waals surface area (Å²) >= 11 is 12.0. The molecule has 0 spiro atoms. The lowest BCUT2D eigenvalue weighted by Gasteiger charge is -2.17. The molecule has 4 nitrogen and oxygen atoms in total. The molecule has 1 atom stereocenters. The molecule has 136 valence electrons. The Balaban J connectivity index is 1.56. The number of nitrogens with zero attached hydrogens (tertiary/aromatic N) is 1. The number of hydrogen-bond acceptors (Lipinski definition) is 2. The summed E-state index contributed by atoms with van der Waals surface area (Å²) in [5, 5.41) is 3.92. The summed E-state index contributed by atoms with van der Waals surface area (Å²) in [5.74, 6) is -1.44. The second-order valence-corrected chi connectivity index (χ2v) is 6.98. The van der Waals surface area contributed by atoms with E-state index in [-0.39, 0.29) is 30.5 Å². The molecule has 2 aromatic rings. The minimum absolute atomic E-state index is 0.0713. The molecule has 1 unspecified atom stereocenters. The fraction of sp³-hybridized carbons (Fsp3) is 0.263. The Morgan fingerprint density at radius 3 is 2.73 bits per heavy atom. The van der Waals surface area contributed by atoms with Gasteiger partial charge < -0.3 is 10.2 Å². The van der Waals surface area contributed by atoms with E-state index in [1.54, 1.807) is 24.3 Å². The molecule has 2 amide bonds. The molecule has 0 bridgehead atoms. The van der Waals surface area contributed by atoms with Gasteiger partial charge in [0.05, 0.1) is 11.6 Å². The average Bonchev–Trinajstić information content (AvgIpc) is 2.99. The molecule has 0 saturated carbocycles. The SMILES string of the molecule is O=C(NCCc1ccc(Cl)cc1Cl)C1CC(=O)N(c2ccccc2F)C1. The van der Waals surface area contributed by atoms with Gasteiger partial charge in [0.1, 0.15) is 5.82 Å². The van der Waals surface area contributed by atoms with Crippen LogP contribution in [0, 0.1) is 11.7 Å². The molecule has 1 aliphatic heterocycles. The van der Waals surface area contributed by atoms with Gasteiger partial charge in [-0.1, -0.05) is 41.4 Å². The highest BCUT2D eigenvalue weighted by Gasteiger charge is 2.35. The number of carbonyl (C=O) groups excluding carboxylic acids is 2. The molecule has 1 aliphatic rings. The lowest BCUT2D eigenvalue weighted by molar-refractivity contribution is -0.126. The Labute approximate surface area is 160 Å². The van der Waals surface area contributed by atoms with E-state index in [1.165, 1.54) is 17.0 Å². The maximum absolute atomic E-state index is 13.9. The second kappa shape index (κ2) is 8.06. The zero-order valence-corrected chi connectivity index (χ0v) is 15.4. The highest BCUT2D eigenvalue weighted by molar-refractivity contribution is 6.35. The lowest BCUT2D eigenvalue weighted by atomic mass is 10.1. The van der Waals surface area contributed by atoms with Crippen LogP contribution in [-0.2, 0) is 16.0 Å². The van der Waals surface area contributed by atoms with Gasteiger partial charge in [-0.25, -0.2) is 4.39 Å². The number of benzene rings is 2. The Morgan fingerprint density at radius 1 is 1.23 bits per heavy atom. The normalized spacial score (nSPS) is 16.8. The van der Waals surface area contributed by atoms with E-state index in [0.29, 0.717) is 23.0 Å². The van der Waals surface area contributed by atoms with E-state index in [9.17, 15) is 14.0 Å². The standard InChI is InChI=1S/C19H17Cl2FN2O2/c20-14-6-5-12(15(21)10-14)7-8-23-19(26)13-9-18(25)24(11-13)17-4-2-1-3-16(17)22/h1-6,10,13H,7-9,11H2,(H,23,26). The van der Waals surface area contributed by atoms with Gasteiger partial charge in [0.2, 0.25) is 11.8 Å². The van der Waals surface area contributed by atoms with E-state index in [0.717, 1.165) is 5.56 Å². The Morgan fingerprint density at radius 2 is 2.00 bits per heavy atom. The first-order valence-electron chi connectivity index (χ1n) is 8.22. The van der Waals surface area contributed by atoms with Gasteiger partial charge in [-0.15, -0.1) is 0 Å². The van der Waals surface area contributed by atoms with Gasteiger partial charge in [0.25, 0.3) is 0 Å². The molecule has 2 aromatic carbocycles. The van der Waals surface area contributed by atoms with Crippen molar-refractivity contribution >= 4 is 40.7 Å². The predicted molar refractivity (Wildman–Crippen MR) is 100 cm³/mol. The summed E-state index contributed by atoms with van der Waals surface area (Å²) in [7, 11) is 0. The molecule has 0 aromatic heterocycles. The first kappa shape index (κ1) is 18.7. The van der Waals surface area contributed by atoms with E-state index in [2.05, 4.69) is 5.32 Å². The van der Waals surface area contributed by atoms with E-state index < -0.39 is 11.7 Å². The molecule has 3 rings (SSSR count). The lowest BCUT2D eigenvalue weighted by Crippen LogP contribution is -2.34. The summed E-state index contributed by atoms with van der Waals surface area (Å²) in [6.45, 7) is 0.567. The van der Waals surface area contributed by atoms with Gasteiger partial charge in [0.15, 0.2) is 0 Å². The van der Waals surface area contributed by atoms with Crippen molar-refractivity contribution in [3.8, 4) is 0 Å². The third-order valence-corrected chi connectivity index (χ3v) is 4.93. The largest absolute Gasteiger partial charge is 0.355 e.